The molecule has 0 saturated heterocycles. The van der Waals surface area contributed by atoms with Crippen molar-refractivity contribution in [2.75, 3.05) is 11.9 Å². The number of nitrogens with zero attached hydrogens (tertiary/aromatic N) is 2. The fourth-order valence-corrected chi connectivity index (χ4v) is 3.89. The van der Waals surface area contributed by atoms with Gasteiger partial charge in [0.15, 0.2) is 0 Å². The number of thiophene rings is 1. The molecule has 0 aliphatic rings. The minimum atomic E-state index is -0.436. The minimum absolute atomic E-state index is 0.208. The highest BCUT2D eigenvalue weighted by Crippen LogP contribution is 2.33. The zero-order valence-corrected chi connectivity index (χ0v) is 17.8. The first-order valence-corrected chi connectivity index (χ1v) is 10.4. The molecule has 1 aromatic carbocycles. The summed E-state index contributed by atoms with van der Waals surface area (Å²) in [4.78, 5) is 29.8. The lowest BCUT2D eigenvalue weighted by atomic mass is 10.1. The molecule has 0 atom stereocenters. The van der Waals surface area contributed by atoms with Crippen LogP contribution in [-0.2, 0) is 16.0 Å². The molecule has 3 rings (SSSR count). The van der Waals surface area contributed by atoms with Crippen LogP contribution in [0.4, 0.5) is 9.39 Å². The highest BCUT2D eigenvalue weighted by molar-refractivity contribution is 7.16. The van der Waals surface area contributed by atoms with Crippen LogP contribution in [0.1, 0.15) is 46.5 Å². The fraction of sp³-hybridized carbons (Fsp3) is 0.333. The summed E-state index contributed by atoms with van der Waals surface area (Å²) in [6.45, 7) is 5.74. The molecule has 3 aromatic rings. The molecule has 0 spiro atoms. The first-order valence-electron chi connectivity index (χ1n) is 9.54. The predicted octanol–water partition coefficient (Wildman–Crippen LogP) is 4.69. The lowest BCUT2D eigenvalue weighted by molar-refractivity contribution is -0.116. The van der Waals surface area contributed by atoms with Crippen molar-refractivity contribution in [3.05, 3.63) is 52.0 Å². The second kappa shape index (κ2) is 9.62. The van der Waals surface area contributed by atoms with E-state index < -0.39 is 5.97 Å². The Balaban J connectivity index is 1.55. The first-order chi connectivity index (χ1) is 14.4. The molecule has 0 bridgehead atoms. The van der Waals surface area contributed by atoms with Crippen LogP contribution in [0.25, 0.3) is 11.4 Å². The Kier molecular flexibility index (Phi) is 6.94. The van der Waals surface area contributed by atoms with Crippen molar-refractivity contribution in [2.45, 2.75) is 40.0 Å². The van der Waals surface area contributed by atoms with Gasteiger partial charge in [-0.3, -0.25) is 4.79 Å². The third-order valence-corrected chi connectivity index (χ3v) is 5.61. The first kappa shape index (κ1) is 21.6. The van der Waals surface area contributed by atoms with Crippen molar-refractivity contribution in [3.63, 3.8) is 0 Å². The van der Waals surface area contributed by atoms with E-state index in [1.54, 1.807) is 19.1 Å². The largest absolute Gasteiger partial charge is 0.462 e. The van der Waals surface area contributed by atoms with E-state index in [2.05, 4.69) is 15.5 Å². The van der Waals surface area contributed by atoms with Crippen LogP contribution in [0.3, 0.4) is 0 Å². The number of ether oxygens (including phenoxy) is 1. The van der Waals surface area contributed by atoms with Crippen LogP contribution < -0.4 is 5.32 Å². The molecule has 30 heavy (non-hydrogen) atoms. The van der Waals surface area contributed by atoms with Crippen LogP contribution in [-0.4, -0.2) is 28.6 Å². The van der Waals surface area contributed by atoms with E-state index in [0.29, 0.717) is 40.7 Å². The molecule has 7 nitrogen and oxygen atoms in total. The summed E-state index contributed by atoms with van der Waals surface area (Å²) >= 11 is 1.35. The number of carbonyl (C=O) groups excluding carboxylic acids is 2. The average Bonchev–Trinajstić information content (AvgIpc) is 3.27. The quantitative estimate of drug-likeness (QED) is 0.520. The monoisotopic (exact) mass is 431 g/mol. The number of hydrogen-bond acceptors (Lipinski definition) is 7. The average molecular weight is 431 g/mol. The van der Waals surface area contributed by atoms with Gasteiger partial charge in [-0.25, -0.2) is 9.18 Å². The number of rotatable bonds is 8. The number of hydrogen-bond donors (Lipinski definition) is 1. The molecule has 9 heteroatoms. The van der Waals surface area contributed by atoms with E-state index in [1.165, 1.54) is 23.5 Å². The smallest absolute Gasteiger partial charge is 0.341 e. The summed E-state index contributed by atoms with van der Waals surface area (Å²) in [6.07, 6.45) is 1.15. The molecule has 0 fully saturated rings. The zero-order chi connectivity index (χ0) is 21.7. The number of aryl methyl sites for hydroxylation is 2. The number of carbonyl (C=O) groups is 2. The van der Waals surface area contributed by atoms with E-state index in [0.717, 1.165) is 10.4 Å². The number of benzene rings is 1. The molecular weight excluding hydrogens is 409 g/mol. The van der Waals surface area contributed by atoms with E-state index >= 15 is 0 Å². The summed E-state index contributed by atoms with van der Waals surface area (Å²) in [5.41, 5.74) is 1.88. The van der Waals surface area contributed by atoms with Gasteiger partial charge in [0.2, 0.25) is 17.6 Å². The SMILES string of the molecule is CCOC(=O)c1c(NC(=O)CCCc2nc(-c3ccc(F)cc3)no2)sc(C)c1C. The molecular formula is C21H22FN3O4S. The fourth-order valence-electron chi connectivity index (χ4n) is 2.83. The molecule has 0 aliphatic carbocycles. The van der Waals surface area contributed by atoms with E-state index in [-0.39, 0.29) is 24.8 Å². The van der Waals surface area contributed by atoms with Gasteiger partial charge in [0, 0.05) is 23.3 Å². The molecule has 2 heterocycles. The standard InChI is InChI=1S/C21H22FN3O4S/c1-4-28-21(27)18-12(2)13(3)30-20(18)23-16(26)6-5-7-17-24-19(25-29-17)14-8-10-15(22)11-9-14/h8-11H,4-7H2,1-3H3,(H,23,26). The highest BCUT2D eigenvalue weighted by atomic mass is 32.1. The second-order valence-electron chi connectivity index (χ2n) is 6.63. The Morgan fingerprint density at radius 3 is 2.67 bits per heavy atom. The normalized spacial score (nSPS) is 10.8. The van der Waals surface area contributed by atoms with Gasteiger partial charge in [0.25, 0.3) is 0 Å². The maximum absolute atomic E-state index is 13.0. The predicted molar refractivity (Wildman–Crippen MR) is 111 cm³/mol. The van der Waals surface area contributed by atoms with Crippen LogP contribution in [0, 0.1) is 19.7 Å². The number of esters is 1. The Bertz CT molecular complexity index is 1040. The van der Waals surface area contributed by atoms with E-state index in [4.69, 9.17) is 9.26 Å². The maximum atomic E-state index is 13.0. The minimum Gasteiger partial charge on any atom is -0.462 e. The van der Waals surface area contributed by atoms with Gasteiger partial charge in [-0.2, -0.15) is 4.98 Å². The highest BCUT2D eigenvalue weighted by Gasteiger charge is 2.22. The van der Waals surface area contributed by atoms with E-state index in [1.807, 2.05) is 13.8 Å². The number of nitrogens with one attached hydrogen (secondary N) is 1. The van der Waals surface area contributed by atoms with Gasteiger partial charge in [-0.15, -0.1) is 11.3 Å². The number of halogens is 1. The van der Waals surface area contributed by atoms with Crippen molar-refractivity contribution in [3.8, 4) is 11.4 Å². The number of anilines is 1. The molecule has 1 amide bonds. The molecule has 1 N–H and O–H groups in total. The number of aromatic nitrogens is 2. The zero-order valence-electron chi connectivity index (χ0n) is 17.0. The van der Waals surface area contributed by atoms with Gasteiger partial charge in [-0.1, -0.05) is 5.16 Å². The third kappa shape index (κ3) is 5.10. The van der Waals surface area contributed by atoms with Crippen molar-refractivity contribution >= 4 is 28.2 Å². The van der Waals surface area contributed by atoms with Crippen molar-refractivity contribution in [1.82, 2.24) is 10.1 Å². The summed E-state index contributed by atoms with van der Waals surface area (Å²) in [5.74, 6) is -0.208. The number of amides is 1. The van der Waals surface area contributed by atoms with Crippen molar-refractivity contribution in [1.29, 1.82) is 0 Å². The van der Waals surface area contributed by atoms with Crippen molar-refractivity contribution in [2.24, 2.45) is 0 Å². The lowest BCUT2D eigenvalue weighted by Gasteiger charge is -2.07. The van der Waals surface area contributed by atoms with Crippen molar-refractivity contribution < 1.29 is 23.2 Å². The van der Waals surface area contributed by atoms with Gasteiger partial charge >= 0.3 is 5.97 Å². The maximum Gasteiger partial charge on any atom is 0.341 e. The van der Waals surface area contributed by atoms with E-state index in [9.17, 15) is 14.0 Å². The molecule has 0 unspecified atom stereocenters. The topological polar surface area (TPSA) is 94.3 Å². The van der Waals surface area contributed by atoms with Gasteiger partial charge < -0.3 is 14.6 Å². The Hall–Kier alpha value is -3.07. The van der Waals surface area contributed by atoms with Crippen LogP contribution in [0.15, 0.2) is 28.8 Å². The van der Waals surface area contributed by atoms with Crippen LogP contribution in [0.2, 0.25) is 0 Å². The molecule has 158 valence electrons. The molecule has 0 aliphatic heterocycles. The van der Waals surface area contributed by atoms with Gasteiger partial charge in [0.1, 0.15) is 10.8 Å². The Labute approximate surface area is 177 Å². The molecule has 0 saturated carbocycles. The lowest BCUT2D eigenvalue weighted by Crippen LogP contribution is -2.14. The summed E-state index contributed by atoms with van der Waals surface area (Å²) in [5, 5.41) is 7.20. The van der Waals surface area contributed by atoms with Crippen LogP contribution in [0.5, 0.6) is 0 Å². The molecule has 0 radical (unpaired) electrons. The third-order valence-electron chi connectivity index (χ3n) is 4.48. The van der Waals surface area contributed by atoms with Gasteiger partial charge in [-0.05, 0) is 57.0 Å². The Morgan fingerprint density at radius 2 is 1.97 bits per heavy atom. The van der Waals surface area contributed by atoms with Crippen LogP contribution >= 0.6 is 11.3 Å². The Morgan fingerprint density at radius 1 is 1.23 bits per heavy atom. The summed E-state index contributed by atoms with van der Waals surface area (Å²) < 4.78 is 23.3. The summed E-state index contributed by atoms with van der Waals surface area (Å²) in [6, 6.07) is 5.80. The van der Waals surface area contributed by atoms with Gasteiger partial charge in [0.05, 0.1) is 12.2 Å². The molecule has 2 aromatic heterocycles. The summed E-state index contributed by atoms with van der Waals surface area (Å²) in [7, 11) is 0. The second-order valence-corrected chi connectivity index (χ2v) is 7.85.